The van der Waals surface area contributed by atoms with Gasteiger partial charge in [0.25, 0.3) is 0 Å². The molecule has 2 heterocycles. The molecule has 1 unspecified atom stereocenters. The molecule has 2 saturated carbocycles. The first kappa shape index (κ1) is 25.7. The molecule has 4 N–H and O–H groups in total. The van der Waals surface area contributed by atoms with Gasteiger partial charge >= 0.3 is 0 Å². The number of rotatable bonds is 4. The van der Waals surface area contributed by atoms with Crippen molar-refractivity contribution >= 4 is 23.1 Å². The first-order chi connectivity index (χ1) is 16.7. The Morgan fingerprint density at radius 1 is 0.806 bits per heavy atom. The first-order valence-electron chi connectivity index (χ1n) is 11.5. The molecule has 9 heteroatoms. The van der Waals surface area contributed by atoms with Crippen molar-refractivity contribution in [2.75, 3.05) is 0 Å². The second-order valence-corrected chi connectivity index (χ2v) is 9.97. The highest BCUT2D eigenvalue weighted by molar-refractivity contribution is 6.36. The molecule has 2 aliphatic heterocycles. The normalized spacial score (nSPS) is 44.8. The van der Waals surface area contributed by atoms with Crippen molar-refractivity contribution in [3.63, 3.8) is 0 Å². The summed E-state index contributed by atoms with van der Waals surface area (Å²) in [5.41, 5.74) is -11.6. The summed E-state index contributed by atoms with van der Waals surface area (Å²) in [6.45, 7) is 6.83. The van der Waals surface area contributed by atoms with Crippen LogP contribution in [0.2, 0.25) is 0 Å². The largest absolute Gasteiger partial charge is 0.508 e. The maximum Gasteiger partial charge on any atom is 0.218 e. The Balaban J connectivity index is 2.18. The summed E-state index contributed by atoms with van der Waals surface area (Å²) in [7, 11) is 0. The number of aliphatic hydroxyl groups is 4. The molecule has 3 bridgehead atoms. The number of allylic oxidation sites excluding steroid dienone is 8. The van der Waals surface area contributed by atoms with Crippen LogP contribution >= 0.6 is 0 Å². The van der Waals surface area contributed by atoms with Crippen LogP contribution in [0.3, 0.4) is 0 Å². The Morgan fingerprint density at radius 2 is 1.33 bits per heavy atom. The molecule has 4 fully saturated rings. The number of carbonyl (C=O) groups excluding carboxylic acids is 4. The van der Waals surface area contributed by atoms with Crippen LogP contribution in [0.25, 0.3) is 0 Å². The van der Waals surface area contributed by atoms with E-state index in [1.807, 2.05) is 0 Å². The Hall–Kier alpha value is -3.40. The lowest BCUT2D eigenvalue weighted by Gasteiger charge is -2.58. The Kier molecular flexibility index (Phi) is 5.39. The molecular weight excluding hydrogens is 468 g/mol. The average molecular weight is 497 g/mol. The Labute approximate surface area is 207 Å². The third-order valence-corrected chi connectivity index (χ3v) is 8.20. The van der Waals surface area contributed by atoms with Gasteiger partial charge in [-0.2, -0.15) is 0 Å². The van der Waals surface area contributed by atoms with Crippen LogP contribution in [0.5, 0.6) is 0 Å². The molecule has 2 aliphatic carbocycles. The smallest absolute Gasteiger partial charge is 0.218 e. The maximum absolute atomic E-state index is 14.0. The molecule has 0 spiro atoms. The predicted molar refractivity (Wildman–Crippen MR) is 126 cm³/mol. The molecule has 0 amide bonds. The van der Waals surface area contributed by atoms with Gasteiger partial charge in [-0.25, -0.2) is 0 Å². The maximum atomic E-state index is 14.0. The third-order valence-electron chi connectivity index (χ3n) is 8.20. The topological polar surface area (TPSA) is 158 Å². The van der Waals surface area contributed by atoms with Crippen LogP contribution in [0.1, 0.15) is 34.6 Å². The minimum atomic E-state index is -3.28. The van der Waals surface area contributed by atoms with E-state index >= 15 is 0 Å². The zero-order valence-corrected chi connectivity index (χ0v) is 20.5. The minimum absolute atomic E-state index is 0.430. The molecule has 36 heavy (non-hydrogen) atoms. The zero-order valence-electron chi connectivity index (χ0n) is 20.5. The second-order valence-electron chi connectivity index (χ2n) is 9.97. The Bertz CT molecular complexity index is 1310. The predicted octanol–water partition coefficient (Wildman–Crippen LogP) is 2.03. The number of carbonyl (C=O) groups is 4. The van der Waals surface area contributed by atoms with E-state index < -0.39 is 79.5 Å². The highest BCUT2D eigenvalue weighted by atomic mass is 16.7. The number of hydrogen-bond donors (Lipinski definition) is 4. The second kappa shape index (κ2) is 7.55. The fourth-order valence-electron chi connectivity index (χ4n) is 6.47. The molecule has 4 rings (SSSR count). The number of hydrogen-bond acceptors (Lipinski definition) is 9. The van der Waals surface area contributed by atoms with Crippen LogP contribution in [0.15, 0.2) is 71.3 Å². The molecule has 6 atom stereocenters. The zero-order chi connectivity index (χ0) is 27.1. The van der Waals surface area contributed by atoms with Crippen molar-refractivity contribution in [1.29, 1.82) is 0 Å². The molecule has 4 aliphatic rings. The van der Waals surface area contributed by atoms with Gasteiger partial charge in [0.1, 0.15) is 28.1 Å². The van der Waals surface area contributed by atoms with Gasteiger partial charge in [0.15, 0.2) is 17.3 Å². The van der Waals surface area contributed by atoms with Gasteiger partial charge in [0.2, 0.25) is 17.2 Å². The van der Waals surface area contributed by atoms with E-state index in [4.69, 9.17) is 4.74 Å². The molecule has 190 valence electrons. The summed E-state index contributed by atoms with van der Waals surface area (Å²) in [4.78, 5) is 55.4. The fourth-order valence-corrected chi connectivity index (χ4v) is 6.47. The third kappa shape index (κ3) is 2.40. The quantitative estimate of drug-likeness (QED) is 0.150. The van der Waals surface area contributed by atoms with E-state index in [1.165, 1.54) is 31.2 Å². The molecule has 0 radical (unpaired) electrons. The van der Waals surface area contributed by atoms with Crippen molar-refractivity contribution in [3.05, 3.63) is 71.3 Å². The van der Waals surface area contributed by atoms with Gasteiger partial charge in [-0.15, -0.1) is 0 Å². The van der Waals surface area contributed by atoms with Gasteiger partial charge in [-0.3, -0.25) is 19.2 Å². The molecule has 0 aromatic rings. The van der Waals surface area contributed by atoms with E-state index in [2.05, 4.69) is 0 Å². The number of fused-ring (bicyclic) bond motifs is 3. The van der Waals surface area contributed by atoms with Crippen molar-refractivity contribution < 1.29 is 44.3 Å². The summed E-state index contributed by atoms with van der Waals surface area (Å²) in [6.07, 6.45) is 11.3. The van der Waals surface area contributed by atoms with Crippen LogP contribution in [0, 0.1) is 16.7 Å². The fraction of sp³-hybridized carbons (Fsp3) is 0.407. The Morgan fingerprint density at radius 3 is 1.86 bits per heavy atom. The average Bonchev–Trinajstić information content (AvgIpc) is 3.00. The summed E-state index contributed by atoms with van der Waals surface area (Å²) in [6, 6.07) is 0. The molecular formula is C27H28O9. The lowest BCUT2D eigenvalue weighted by Crippen LogP contribution is -2.82. The molecule has 2 saturated heterocycles. The van der Waals surface area contributed by atoms with Crippen LogP contribution in [-0.4, -0.2) is 60.5 Å². The van der Waals surface area contributed by atoms with Crippen molar-refractivity contribution in [2.45, 2.75) is 51.6 Å². The monoisotopic (exact) mass is 496 g/mol. The van der Waals surface area contributed by atoms with Gasteiger partial charge in [-0.1, -0.05) is 36.5 Å². The van der Waals surface area contributed by atoms with Crippen molar-refractivity contribution in [2.24, 2.45) is 16.7 Å². The lowest BCUT2D eigenvalue weighted by atomic mass is 9.53. The molecule has 9 nitrogen and oxygen atoms in total. The highest BCUT2D eigenvalue weighted by Crippen LogP contribution is 2.75. The van der Waals surface area contributed by atoms with E-state index in [1.54, 1.807) is 32.1 Å². The summed E-state index contributed by atoms with van der Waals surface area (Å²) in [5.74, 6) is -10.8. The van der Waals surface area contributed by atoms with Gasteiger partial charge in [0, 0.05) is 11.5 Å². The summed E-state index contributed by atoms with van der Waals surface area (Å²) in [5, 5.41) is 45.5. The number of aliphatic hydroxyl groups excluding tert-OH is 2. The van der Waals surface area contributed by atoms with Crippen LogP contribution in [0.4, 0.5) is 0 Å². The van der Waals surface area contributed by atoms with E-state index in [-0.39, 0.29) is 0 Å². The van der Waals surface area contributed by atoms with Gasteiger partial charge in [-0.05, 0) is 46.8 Å². The first-order valence-corrected chi connectivity index (χ1v) is 11.5. The summed E-state index contributed by atoms with van der Waals surface area (Å²) >= 11 is 0. The van der Waals surface area contributed by atoms with E-state index in [0.29, 0.717) is 0 Å². The SMILES string of the molecule is C/C=C/C=C/C(O)=C1/C(=O)[C@@]2(C)C(=O)[C@@]3(C)O[C@@]4(O)[C@@]2(O)C(=O)\C(=C(O)/C=C/C=C/C)C(=O)[C@@]4(C)C13. The van der Waals surface area contributed by atoms with Crippen molar-refractivity contribution in [3.8, 4) is 0 Å². The summed E-state index contributed by atoms with van der Waals surface area (Å²) < 4.78 is 5.72. The highest BCUT2D eigenvalue weighted by Gasteiger charge is 2.95. The number of ether oxygens (including phenoxy) is 1. The van der Waals surface area contributed by atoms with Gasteiger partial charge in [0.05, 0.1) is 5.41 Å². The minimum Gasteiger partial charge on any atom is -0.508 e. The van der Waals surface area contributed by atoms with Crippen LogP contribution < -0.4 is 0 Å². The van der Waals surface area contributed by atoms with Crippen LogP contribution in [-0.2, 0) is 23.9 Å². The number of Topliss-reactive ketones (excluding diaryl/α,β-unsaturated/α-hetero) is 4. The molecule has 0 aromatic heterocycles. The van der Waals surface area contributed by atoms with Gasteiger partial charge < -0.3 is 25.2 Å². The molecule has 0 aromatic carbocycles. The lowest BCUT2D eigenvalue weighted by molar-refractivity contribution is -0.350. The number of ketones is 4. The van der Waals surface area contributed by atoms with E-state index in [0.717, 1.165) is 19.9 Å². The van der Waals surface area contributed by atoms with Crippen molar-refractivity contribution in [1.82, 2.24) is 0 Å². The standard InChI is InChI=1S/C27H28O9/c1-6-8-10-12-14(28)16-18-23(3)20(31)17(15(29)13-11-9-7-2)21(32)26(34)24(4,19(16)30)22(33)25(18,5)36-27(23,26)35/h6-13,18,28-29,34-35H,1-5H3/b8-6+,9-7+,12-10+,13-11+,16-14-,17-15+/t18?,23-,24+,25+,26-,27-/m1/s1. The van der Waals surface area contributed by atoms with E-state index in [9.17, 15) is 39.6 Å².